The Hall–Kier alpha value is -2.16. The van der Waals surface area contributed by atoms with Gasteiger partial charge in [0.05, 0.1) is 17.8 Å². The third-order valence-electron chi connectivity index (χ3n) is 3.55. The highest BCUT2D eigenvalue weighted by Gasteiger charge is 2.36. The molecule has 3 heteroatoms. The summed E-state index contributed by atoms with van der Waals surface area (Å²) in [5.74, 6) is -0.0191. The Bertz CT molecular complexity index is 609. The van der Waals surface area contributed by atoms with E-state index in [0.717, 1.165) is 0 Å². The number of hydrogen-bond acceptors (Lipinski definition) is 3. The highest BCUT2D eigenvalue weighted by molar-refractivity contribution is 6.28. The molecule has 1 aromatic rings. The van der Waals surface area contributed by atoms with E-state index in [4.69, 9.17) is 0 Å². The molecule has 21 heavy (non-hydrogen) atoms. The summed E-state index contributed by atoms with van der Waals surface area (Å²) in [5.41, 5.74) is 1.56. The standard InChI is InChI=1S/C18H21NO2/c1-4-10-19-14-11-18(2,3)12-15(20)16(14)17(21)13-8-6-5-7-9-13/h4-9,21H,1,10-12H2,2-3H3. The van der Waals surface area contributed by atoms with Crippen LogP contribution in [0.15, 0.2) is 53.6 Å². The van der Waals surface area contributed by atoms with E-state index >= 15 is 0 Å². The molecule has 0 spiro atoms. The van der Waals surface area contributed by atoms with Gasteiger partial charge in [-0.25, -0.2) is 0 Å². The van der Waals surface area contributed by atoms with Crippen molar-refractivity contribution in [2.24, 2.45) is 10.4 Å². The Morgan fingerprint density at radius 3 is 2.62 bits per heavy atom. The van der Waals surface area contributed by atoms with Crippen LogP contribution in [0.3, 0.4) is 0 Å². The minimum atomic E-state index is -0.127. The molecule has 0 aromatic heterocycles. The zero-order valence-corrected chi connectivity index (χ0v) is 12.6. The Labute approximate surface area is 125 Å². The van der Waals surface area contributed by atoms with Gasteiger partial charge in [0.2, 0.25) is 0 Å². The molecule has 1 aliphatic carbocycles. The molecule has 3 nitrogen and oxygen atoms in total. The summed E-state index contributed by atoms with van der Waals surface area (Å²) in [7, 11) is 0. The predicted molar refractivity (Wildman–Crippen MR) is 86.5 cm³/mol. The van der Waals surface area contributed by atoms with Gasteiger partial charge >= 0.3 is 0 Å². The van der Waals surface area contributed by atoms with E-state index in [2.05, 4.69) is 11.6 Å². The zero-order chi connectivity index (χ0) is 15.5. The maximum absolute atomic E-state index is 12.5. The average Bonchev–Trinajstić information content (AvgIpc) is 2.44. The van der Waals surface area contributed by atoms with E-state index in [9.17, 15) is 9.90 Å². The lowest BCUT2D eigenvalue weighted by molar-refractivity contribution is -0.117. The average molecular weight is 283 g/mol. The number of carbonyl (C=O) groups is 1. The monoisotopic (exact) mass is 283 g/mol. The minimum absolute atomic E-state index is 0.0268. The van der Waals surface area contributed by atoms with Crippen LogP contribution in [0.1, 0.15) is 32.3 Å². The largest absolute Gasteiger partial charge is 0.506 e. The first-order chi connectivity index (χ1) is 9.94. The third kappa shape index (κ3) is 3.48. The second-order valence-corrected chi connectivity index (χ2v) is 6.11. The van der Waals surface area contributed by atoms with Gasteiger partial charge in [-0.15, -0.1) is 6.58 Å². The van der Waals surface area contributed by atoms with Gasteiger partial charge in [-0.05, 0) is 11.8 Å². The lowest BCUT2D eigenvalue weighted by atomic mass is 9.73. The first-order valence-corrected chi connectivity index (χ1v) is 7.11. The van der Waals surface area contributed by atoms with Crippen LogP contribution in [0.2, 0.25) is 0 Å². The maximum Gasteiger partial charge on any atom is 0.168 e. The van der Waals surface area contributed by atoms with Crippen LogP contribution in [0.5, 0.6) is 0 Å². The van der Waals surface area contributed by atoms with Gasteiger partial charge in [0.15, 0.2) is 5.78 Å². The highest BCUT2D eigenvalue weighted by Crippen LogP contribution is 2.36. The number of benzene rings is 1. The van der Waals surface area contributed by atoms with Crippen molar-refractivity contribution in [1.29, 1.82) is 0 Å². The summed E-state index contributed by atoms with van der Waals surface area (Å²) in [6, 6.07) is 9.13. The van der Waals surface area contributed by atoms with E-state index < -0.39 is 0 Å². The number of ketones is 1. The summed E-state index contributed by atoms with van der Waals surface area (Å²) >= 11 is 0. The van der Waals surface area contributed by atoms with Crippen LogP contribution in [0, 0.1) is 5.41 Å². The lowest BCUT2D eigenvalue weighted by Gasteiger charge is -2.31. The van der Waals surface area contributed by atoms with Gasteiger partial charge < -0.3 is 5.11 Å². The van der Waals surface area contributed by atoms with Crippen molar-refractivity contribution >= 4 is 17.3 Å². The van der Waals surface area contributed by atoms with Crippen LogP contribution < -0.4 is 0 Å². The van der Waals surface area contributed by atoms with Crippen LogP contribution in [-0.4, -0.2) is 23.1 Å². The van der Waals surface area contributed by atoms with E-state index in [1.165, 1.54) is 0 Å². The number of Topliss-reactive ketones (excluding diaryl/α,β-unsaturated/α-hetero) is 1. The van der Waals surface area contributed by atoms with Gasteiger partial charge in [0.1, 0.15) is 5.76 Å². The van der Waals surface area contributed by atoms with Crippen molar-refractivity contribution in [3.8, 4) is 0 Å². The van der Waals surface area contributed by atoms with Gasteiger partial charge in [-0.3, -0.25) is 9.79 Å². The number of nitrogens with zero attached hydrogens (tertiary/aromatic N) is 1. The fraction of sp³-hybridized carbons (Fsp3) is 0.333. The zero-order valence-electron chi connectivity index (χ0n) is 12.6. The Balaban J connectivity index is 2.52. The molecule has 1 N–H and O–H groups in total. The van der Waals surface area contributed by atoms with Crippen LogP contribution in [0.25, 0.3) is 5.76 Å². The molecule has 2 rings (SSSR count). The second kappa shape index (κ2) is 6.08. The molecule has 1 fully saturated rings. The topological polar surface area (TPSA) is 49.7 Å². The summed E-state index contributed by atoms with van der Waals surface area (Å²) in [4.78, 5) is 16.9. The van der Waals surface area contributed by atoms with Crippen molar-refractivity contribution in [2.75, 3.05) is 6.54 Å². The fourth-order valence-corrected chi connectivity index (χ4v) is 2.61. The first kappa shape index (κ1) is 15.2. The number of aliphatic hydroxyl groups excluding tert-OH is 1. The molecule has 0 heterocycles. The van der Waals surface area contributed by atoms with Crippen molar-refractivity contribution in [3.63, 3.8) is 0 Å². The Morgan fingerprint density at radius 2 is 2.00 bits per heavy atom. The number of allylic oxidation sites excluding steroid dienone is 1. The van der Waals surface area contributed by atoms with Crippen molar-refractivity contribution in [3.05, 3.63) is 54.1 Å². The number of aliphatic imine (C=N–C) groups is 1. The molecule has 0 bridgehead atoms. The summed E-state index contributed by atoms with van der Waals surface area (Å²) in [5, 5.41) is 10.5. The number of hydrogen-bond donors (Lipinski definition) is 1. The van der Waals surface area contributed by atoms with Crippen molar-refractivity contribution < 1.29 is 9.90 Å². The van der Waals surface area contributed by atoms with Gasteiger partial charge in [-0.2, -0.15) is 0 Å². The molecule has 0 radical (unpaired) electrons. The Kier molecular flexibility index (Phi) is 4.41. The molecule has 0 unspecified atom stereocenters. The first-order valence-electron chi connectivity index (χ1n) is 7.11. The molecule has 0 saturated heterocycles. The van der Waals surface area contributed by atoms with E-state index in [1.54, 1.807) is 18.2 Å². The van der Waals surface area contributed by atoms with Gasteiger partial charge in [0.25, 0.3) is 0 Å². The minimum Gasteiger partial charge on any atom is -0.506 e. The molecule has 110 valence electrons. The predicted octanol–water partition coefficient (Wildman–Crippen LogP) is 3.97. The number of aliphatic hydroxyl groups is 1. The normalized spacial score (nSPS) is 22.2. The number of rotatable bonds is 3. The van der Waals surface area contributed by atoms with Crippen LogP contribution >= 0.6 is 0 Å². The molecule has 0 atom stereocenters. The van der Waals surface area contributed by atoms with Crippen LogP contribution in [-0.2, 0) is 4.79 Å². The van der Waals surface area contributed by atoms with Gasteiger partial charge in [0, 0.05) is 12.0 Å². The lowest BCUT2D eigenvalue weighted by Crippen LogP contribution is -2.32. The smallest absolute Gasteiger partial charge is 0.168 e. The van der Waals surface area contributed by atoms with Gasteiger partial charge in [-0.1, -0.05) is 50.3 Å². The number of carbonyl (C=O) groups excluding carboxylic acids is 1. The highest BCUT2D eigenvalue weighted by atomic mass is 16.3. The molecule has 0 aliphatic heterocycles. The molecule has 1 saturated carbocycles. The van der Waals surface area contributed by atoms with Crippen molar-refractivity contribution in [1.82, 2.24) is 0 Å². The molecular formula is C18H21NO2. The quantitative estimate of drug-likeness (QED) is 0.518. The maximum atomic E-state index is 12.5. The van der Waals surface area contributed by atoms with E-state index in [1.807, 2.05) is 32.0 Å². The molecule has 0 amide bonds. The van der Waals surface area contributed by atoms with Crippen molar-refractivity contribution in [2.45, 2.75) is 26.7 Å². The molecular weight excluding hydrogens is 262 g/mol. The SMILES string of the molecule is C=CCN=C1CC(C)(C)CC(=O)C1=C(O)c1ccccc1. The van der Waals surface area contributed by atoms with E-state index in [-0.39, 0.29) is 17.0 Å². The summed E-state index contributed by atoms with van der Waals surface area (Å²) in [6.07, 6.45) is 2.79. The van der Waals surface area contributed by atoms with E-state index in [0.29, 0.717) is 36.2 Å². The molecule has 1 aromatic carbocycles. The Morgan fingerprint density at radius 1 is 1.33 bits per heavy atom. The summed E-state index contributed by atoms with van der Waals surface area (Å²) in [6.45, 7) is 8.20. The second-order valence-electron chi connectivity index (χ2n) is 6.11. The third-order valence-corrected chi connectivity index (χ3v) is 3.55. The summed E-state index contributed by atoms with van der Waals surface area (Å²) < 4.78 is 0. The molecule has 1 aliphatic rings. The van der Waals surface area contributed by atoms with Crippen LogP contribution in [0.4, 0.5) is 0 Å². The fourth-order valence-electron chi connectivity index (χ4n) is 2.61.